The van der Waals surface area contributed by atoms with Crippen molar-refractivity contribution in [2.24, 2.45) is 13.0 Å². The number of aliphatic hydroxyl groups excluding tert-OH is 1. The molecule has 2 N–H and O–H groups in total. The summed E-state index contributed by atoms with van der Waals surface area (Å²) in [4.78, 5) is 31.2. The van der Waals surface area contributed by atoms with E-state index in [1.54, 1.807) is 35.9 Å². The van der Waals surface area contributed by atoms with E-state index in [2.05, 4.69) is 23.8 Å². The number of halogens is 1. The molecule has 0 saturated carbocycles. The number of aliphatic hydroxyl groups is 1. The Balaban J connectivity index is 1.88. The van der Waals surface area contributed by atoms with E-state index < -0.39 is 17.4 Å². The van der Waals surface area contributed by atoms with E-state index in [0.29, 0.717) is 21.8 Å². The molecular weight excluding hydrogens is 416 g/mol. The minimum atomic E-state index is -0.891. The Hall–Kier alpha value is -2.23. The maximum absolute atomic E-state index is 12.5. The molecule has 0 aliphatic heterocycles. The fraction of sp³-hybridized carbons (Fsp3) is 0.421. The summed E-state index contributed by atoms with van der Waals surface area (Å²) in [5, 5.41) is 11.7. The Morgan fingerprint density at radius 2 is 1.97 bits per heavy atom. The highest BCUT2D eigenvalue weighted by Crippen LogP contribution is 2.24. The first-order valence-corrected chi connectivity index (χ1v) is 10.5. The van der Waals surface area contributed by atoms with Gasteiger partial charge in [0, 0.05) is 17.8 Å². The summed E-state index contributed by atoms with van der Waals surface area (Å²) in [6.07, 6.45) is -0.891. The highest BCUT2D eigenvalue weighted by atomic mass is 35.5. The molecule has 29 heavy (non-hydrogen) atoms. The van der Waals surface area contributed by atoms with Crippen LogP contribution in [0.3, 0.4) is 0 Å². The maximum atomic E-state index is 12.5. The Morgan fingerprint density at radius 1 is 1.28 bits per heavy atom. The summed E-state index contributed by atoms with van der Waals surface area (Å²) in [6.45, 7) is 4.29. The van der Waals surface area contributed by atoms with Crippen molar-refractivity contribution in [2.75, 3.05) is 12.4 Å². The van der Waals surface area contributed by atoms with Crippen LogP contribution in [0.15, 0.2) is 39.0 Å². The third-order valence-corrected chi connectivity index (χ3v) is 5.82. The van der Waals surface area contributed by atoms with Crippen LogP contribution in [0.2, 0.25) is 5.02 Å². The van der Waals surface area contributed by atoms with E-state index in [1.807, 2.05) is 0 Å². The van der Waals surface area contributed by atoms with Crippen LogP contribution in [-0.2, 0) is 13.6 Å². The SMILES string of the molecule is CC(C)CSc1nc2c(c(=O)[nH]c(=O)n2C)n1C[C@@H](O)COc1ccc(Cl)cc1. The van der Waals surface area contributed by atoms with Gasteiger partial charge in [0.2, 0.25) is 0 Å². The monoisotopic (exact) mass is 438 g/mol. The Labute approximate surface area is 176 Å². The summed E-state index contributed by atoms with van der Waals surface area (Å²) >= 11 is 7.34. The number of nitrogens with zero attached hydrogens (tertiary/aromatic N) is 3. The van der Waals surface area contributed by atoms with E-state index >= 15 is 0 Å². The van der Waals surface area contributed by atoms with Crippen molar-refractivity contribution in [3.63, 3.8) is 0 Å². The average Bonchev–Trinajstić information content (AvgIpc) is 3.03. The van der Waals surface area contributed by atoms with Gasteiger partial charge in [-0.3, -0.25) is 14.3 Å². The predicted molar refractivity (Wildman–Crippen MR) is 114 cm³/mol. The fourth-order valence-electron chi connectivity index (χ4n) is 2.72. The van der Waals surface area contributed by atoms with Crippen LogP contribution in [0.5, 0.6) is 5.75 Å². The molecule has 156 valence electrons. The second kappa shape index (κ2) is 9.06. The number of nitrogens with one attached hydrogen (secondary N) is 1. The summed E-state index contributed by atoms with van der Waals surface area (Å²) in [6, 6.07) is 6.83. The van der Waals surface area contributed by atoms with E-state index in [4.69, 9.17) is 16.3 Å². The molecule has 3 rings (SSSR count). The number of aromatic amines is 1. The second-order valence-corrected chi connectivity index (χ2v) is 8.54. The molecule has 0 fully saturated rings. The Kier molecular flexibility index (Phi) is 6.71. The number of fused-ring (bicyclic) bond motifs is 1. The molecule has 8 nitrogen and oxygen atoms in total. The Bertz CT molecular complexity index is 1100. The van der Waals surface area contributed by atoms with E-state index in [-0.39, 0.29) is 24.3 Å². The minimum Gasteiger partial charge on any atom is -0.491 e. The standard InChI is InChI=1S/C19H23ClN4O4S/c1-11(2)10-29-19-21-16-15(17(26)22-18(27)23(16)3)24(19)8-13(25)9-28-14-6-4-12(20)5-7-14/h4-7,11,13,25H,8-10H2,1-3H3,(H,22,26,27)/t13-/m1/s1. The third kappa shape index (κ3) is 5.04. The molecule has 0 aliphatic rings. The molecule has 0 spiro atoms. The van der Waals surface area contributed by atoms with Gasteiger partial charge in [0.05, 0.1) is 6.54 Å². The van der Waals surface area contributed by atoms with Gasteiger partial charge in [0.15, 0.2) is 16.3 Å². The molecule has 0 unspecified atom stereocenters. The Morgan fingerprint density at radius 3 is 2.62 bits per heavy atom. The van der Waals surface area contributed by atoms with E-state index in [0.717, 1.165) is 5.75 Å². The highest BCUT2D eigenvalue weighted by molar-refractivity contribution is 7.99. The summed E-state index contributed by atoms with van der Waals surface area (Å²) in [5.74, 6) is 1.78. The van der Waals surface area contributed by atoms with Crippen LogP contribution >= 0.6 is 23.4 Å². The lowest BCUT2D eigenvalue weighted by atomic mass is 10.3. The number of ether oxygens (including phenoxy) is 1. The molecule has 0 radical (unpaired) electrons. The number of imidazole rings is 1. The topological polar surface area (TPSA) is 102 Å². The molecule has 1 atom stereocenters. The van der Waals surface area contributed by atoms with E-state index in [1.165, 1.54) is 16.3 Å². The zero-order chi connectivity index (χ0) is 21.1. The van der Waals surface area contributed by atoms with Gasteiger partial charge in [0.25, 0.3) is 5.56 Å². The van der Waals surface area contributed by atoms with E-state index in [9.17, 15) is 14.7 Å². The van der Waals surface area contributed by atoms with Gasteiger partial charge in [0.1, 0.15) is 18.5 Å². The van der Waals surface area contributed by atoms with Crippen LogP contribution in [0.1, 0.15) is 13.8 Å². The van der Waals surface area contributed by atoms with Gasteiger partial charge in [-0.25, -0.2) is 9.78 Å². The van der Waals surface area contributed by atoms with Gasteiger partial charge >= 0.3 is 5.69 Å². The largest absolute Gasteiger partial charge is 0.491 e. The smallest absolute Gasteiger partial charge is 0.329 e. The summed E-state index contributed by atoms with van der Waals surface area (Å²) < 4.78 is 8.55. The number of aromatic nitrogens is 4. The van der Waals surface area contributed by atoms with Crippen molar-refractivity contribution in [3.8, 4) is 5.75 Å². The zero-order valence-electron chi connectivity index (χ0n) is 16.4. The normalized spacial score (nSPS) is 12.6. The average molecular weight is 439 g/mol. The quantitative estimate of drug-likeness (QED) is 0.523. The first kappa shape index (κ1) is 21.5. The molecule has 2 heterocycles. The second-order valence-electron chi connectivity index (χ2n) is 7.12. The number of benzene rings is 1. The van der Waals surface area contributed by atoms with Crippen LogP contribution in [0.4, 0.5) is 0 Å². The number of rotatable bonds is 8. The molecule has 0 aliphatic carbocycles. The van der Waals surface area contributed by atoms with Crippen molar-refractivity contribution >= 4 is 34.5 Å². The highest BCUT2D eigenvalue weighted by Gasteiger charge is 2.20. The fourth-order valence-corrected chi connectivity index (χ4v) is 3.80. The third-order valence-electron chi connectivity index (χ3n) is 4.17. The molecule has 3 aromatic rings. The van der Waals surface area contributed by atoms with Crippen molar-refractivity contribution in [1.82, 2.24) is 19.1 Å². The summed E-state index contributed by atoms with van der Waals surface area (Å²) in [5.41, 5.74) is -0.517. The first-order chi connectivity index (χ1) is 13.8. The van der Waals surface area contributed by atoms with Crippen molar-refractivity contribution in [2.45, 2.75) is 31.7 Å². The summed E-state index contributed by atoms with van der Waals surface area (Å²) in [7, 11) is 1.55. The molecular formula is C19H23ClN4O4S. The maximum Gasteiger partial charge on any atom is 0.329 e. The van der Waals surface area contributed by atoms with Gasteiger partial charge in [-0.15, -0.1) is 0 Å². The van der Waals surface area contributed by atoms with Gasteiger partial charge < -0.3 is 14.4 Å². The number of aryl methyl sites for hydroxylation is 1. The number of hydrogen-bond donors (Lipinski definition) is 2. The molecule has 10 heteroatoms. The number of H-pyrrole nitrogens is 1. The minimum absolute atomic E-state index is 0.0270. The predicted octanol–water partition coefficient (Wildman–Crippen LogP) is 2.26. The lowest BCUT2D eigenvalue weighted by molar-refractivity contribution is 0.0914. The van der Waals surface area contributed by atoms with Gasteiger partial charge in [-0.2, -0.15) is 0 Å². The van der Waals surface area contributed by atoms with Crippen LogP contribution in [-0.4, -0.2) is 42.7 Å². The molecule has 2 aromatic heterocycles. The van der Waals surface area contributed by atoms with Gasteiger partial charge in [-0.05, 0) is 30.2 Å². The molecule has 0 saturated heterocycles. The van der Waals surface area contributed by atoms with Crippen LogP contribution in [0.25, 0.3) is 11.2 Å². The van der Waals surface area contributed by atoms with Crippen LogP contribution in [0, 0.1) is 5.92 Å². The molecule has 0 amide bonds. The zero-order valence-corrected chi connectivity index (χ0v) is 18.0. The first-order valence-electron chi connectivity index (χ1n) is 9.15. The van der Waals surface area contributed by atoms with Crippen molar-refractivity contribution < 1.29 is 9.84 Å². The number of hydrogen-bond acceptors (Lipinski definition) is 6. The van der Waals surface area contributed by atoms with Crippen LogP contribution < -0.4 is 16.0 Å². The molecule has 0 bridgehead atoms. The number of thioether (sulfide) groups is 1. The van der Waals surface area contributed by atoms with Crippen molar-refractivity contribution in [1.29, 1.82) is 0 Å². The lowest BCUT2D eigenvalue weighted by Gasteiger charge is -2.15. The van der Waals surface area contributed by atoms with Crippen molar-refractivity contribution in [3.05, 3.63) is 50.1 Å². The molecule has 1 aromatic carbocycles. The van der Waals surface area contributed by atoms with Gasteiger partial charge in [-0.1, -0.05) is 37.2 Å². The lowest BCUT2D eigenvalue weighted by Crippen LogP contribution is -2.30.